The molecule has 0 heterocycles. The van der Waals surface area contributed by atoms with E-state index in [2.05, 4.69) is 51.4 Å². The first kappa shape index (κ1) is 23.9. The summed E-state index contributed by atoms with van der Waals surface area (Å²) in [5.41, 5.74) is 2.72. The van der Waals surface area contributed by atoms with Crippen molar-refractivity contribution in [1.29, 1.82) is 0 Å². The van der Waals surface area contributed by atoms with Gasteiger partial charge in [0.15, 0.2) is 0 Å². The smallest absolute Gasteiger partial charge is 0.243 e. The summed E-state index contributed by atoms with van der Waals surface area (Å²) >= 11 is 3.59. The van der Waals surface area contributed by atoms with Crippen molar-refractivity contribution in [3.8, 4) is 5.75 Å². The Morgan fingerprint density at radius 1 is 1.17 bits per heavy atom. The lowest BCUT2D eigenvalue weighted by Crippen LogP contribution is -2.41. The Morgan fingerprint density at radius 3 is 2.57 bits per heavy atom. The first-order chi connectivity index (χ1) is 14.3. The molecule has 0 aliphatic heterocycles. The molecule has 0 aliphatic carbocycles. The quantitative estimate of drug-likeness (QED) is 0.537. The van der Waals surface area contributed by atoms with Crippen molar-refractivity contribution in [3.05, 3.63) is 58.1 Å². The van der Waals surface area contributed by atoms with Crippen LogP contribution in [-0.4, -0.2) is 43.5 Å². The zero-order valence-electron chi connectivity index (χ0n) is 18.0. The molecule has 1 atom stereocenters. The van der Waals surface area contributed by atoms with Crippen LogP contribution in [0.1, 0.15) is 37.4 Å². The lowest BCUT2D eigenvalue weighted by Gasteiger charge is -2.29. The number of hydrogen-bond acceptors (Lipinski definition) is 4. The number of carbonyl (C=O) groups is 2. The van der Waals surface area contributed by atoms with Gasteiger partial charge in [0, 0.05) is 10.5 Å². The Hall–Kier alpha value is -2.38. The summed E-state index contributed by atoms with van der Waals surface area (Å²) in [6.07, 6.45) is 0.926. The number of nitrogens with one attached hydrogen (secondary N) is 2. The van der Waals surface area contributed by atoms with Crippen LogP contribution >= 0.6 is 15.9 Å². The lowest BCUT2D eigenvalue weighted by molar-refractivity contribution is -0.125. The van der Waals surface area contributed by atoms with Crippen LogP contribution in [0.25, 0.3) is 0 Å². The predicted octanol–water partition coefficient (Wildman–Crippen LogP) is 4.29. The second kappa shape index (κ2) is 11.7. The topological polar surface area (TPSA) is 70.7 Å². The monoisotopic (exact) mass is 475 g/mol. The molecule has 1 unspecified atom stereocenters. The van der Waals surface area contributed by atoms with Gasteiger partial charge in [-0.2, -0.15) is 0 Å². The van der Waals surface area contributed by atoms with Gasteiger partial charge in [-0.05, 0) is 56.1 Å². The zero-order chi connectivity index (χ0) is 22.1. The molecule has 2 amide bonds. The SMILES string of the molecule is CCCN(CC(=O)NCC(=O)Nc1cc(C)ccc1OC)C(C)c1ccccc1Br. The maximum absolute atomic E-state index is 12.5. The molecule has 2 aromatic carbocycles. The molecule has 0 saturated heterocycles. The Balaban J connectivity index is 1.93. The molecule has 7 heteroatoms. The molecule has 2 rings (SSSR count). The van der Waals surface area contributed by atoms with E-state index in [4.69, 9.17) is 4.74 Å². The van der Waals surface area contributed by atoms with Crippen molar-refractivity contribution < 1.29 is 14.3 Å². The highest BCUT2D eigenvalue weighted by molar-refractivity contribution is 9.10. The van der Waals surface area contributed by atoms with Crippen LogP contribution < -0.4 is 15.4 Å². The molecule has 2 N–H and O–H groups in total. The molecule has 0 bridgehead atoms. The molecule has 6 nitrogen and oxygen atoms in total. The molecule has 162 valence electrons. The first-order valence-electron chi connectivity index (χ1n) is 10.0. The Morgan fingerprint density at radius 2 is 1.90 bits per heavy atom. The molecular formula is C23H30BrN3O3. The second-order valence-electron chi connectivity index (χ2n) is 7.20. The fourth-order valence-electron chi connectivity index (χ4n) is 3.24. The Labute approximate surface area is 187 Å². The third-order valence-electron chi connectivity index (χ3n) is 4.84. The average Bonchev–Trinajstić information content (AvgIpc) is 2.72. The van der Waals surface area contributed by atoms with E-state index in [-0.39, 0.29) is 30.9 Å². The minimum Gasteiger partial charge on any atom is -0.495 e. The van der Waals surface area contributed by atoms with Crippen LogP contribution in [0.2, 0.25) is 0 Å². The number of anilines is 1. The highest BCUT2D eigenvalue weighted by Crippen LogP contribution is 2.27. The van der Waals surface area contributed by atoms with Crippen molar-refractivity contribution in [1.82, 2.24) is 10.2 Å². The van der Waals surface area contributed by atoms with E-state index in [1.54, 1.807) is 13.2 Å². The van der Waals surface area contributed by atoms with Crippen LogP contribution in [0, 0.1) is 6.92 Å². The lowest BCUT2D eigenvalue weighted by atomic mass is 10.1. The standard InChI is InChI=1S/C23H30BrN3O3/c1-5-12-27(17(3)18-8-6-7-9-19(18)24)15-23(29)25-14-22(28)26-20-13-16(2)10-11-21(20)30-4/h6-11,13,17H,5,12,14-15H2,1-4H3,(H,25,29)(H,26,28). The first-order valence-corrected chi connectivity index (χ1v) is 10.8. The van der Waals surface area contributed by atoms with Gasteiger partial charge in [-0.15, -0.1) is 0 Å². The van der Waals surface area contributed by atoms with E-state index >= 15 is 0 Å². The summed E-state index contributed by atoms with van der Waals surface area (Å²) in [6.45, 7) is 7.00. The normalized spacial score (nSPS) is 11.8. The summed E-state index contributed by atoms with van der Waals surface area (Å²) in [7, 11) is 1.55. The van der Waals surface area contributed by atoms with Gasteiger partial charge < -0.3 is 15.4 Å². The van der Waals surface area contributed by atoms with Gasteiger partial charge in [-0.3, -0.25) is 14.5 Å². The number of rotatable bonds is 10. The number of halogens is 1. The van der Waals surface area contributed by atoms with E-state index in [1.165, 1.54) is 0 Å². The van der Waals surface area contributed by atoms with Crippen molar-refractivity contribution >= 4 is 33.4 Å². The van der Waals surface area contributed by atoms with E-state index < -0.39 is 0 Å². The summed E-state index contributed by atoms with van der Waals surface area (Å²) < 4.78 is 6.29. The molecule has 2 aromatic rings. The molecule has 30 heavy (non-hydrogen) atoms. The average molecular weight is 476 g/mol. The van der Waals surface area contributed by atoms with Gasteiger partial charge in [0.25, 0.3) is 0 Å². The highest BCUT2D eigenvalue weighted by atomic mass is 79.9. The van der Waals surface area contributed by atoms with E-state index in [0.717, 1.165) is 28.6 Å². The second-order valence-corrected chi connectivity index (χ2v) is 8.05. The fourth-order valence-corrected chi connectivity index (χ4v) is 3.86. The number of amides is 2. The fraction of sp³-hybridized carbons (Fsp3) is 0.391. The molecule has 0 saturated carbocycles. The van der Waals surface area contributed by atoms with E-state index in [9.17, 15) is 9.59 Å². The van der Waals surface area contributed by atoms with Crippen molar-refractivity contribution in [2.24, 2.45) is 0 Å². The summed E-state index contributed by atoms with van der Waals surface area (Å²) in [5, 5.41) is 5.51. The van der Waals surface area contributed by atoms with Crippen LogP contribution in [-0.2, 0) is 9.59 Å². The number of aryl methyl sites for hydroxylation is 1. The highest BCUT2D eigenvalue weighted by Gasteiger charge is 2.20. The van der Waals surface area contributed by atoms with Gasteiger partial charge in [-0.1, -0.05) is 47.1 Å². The maximum atomic E-state index is 12.5. The maximum Gasteiger partial charge on any atom is 0.243 e. The Kier molecular flexibility index (Phi) is 9.33. The van der Waals surface area contributed by atoms with E-state index in [1.807, 2.05) is 37.3 Å². The molecule has 0 spiro atoms. The third-order valence-corrected chi connectivity index (χ3v) is 5.56. The van der Waals surface area contributed by atoms with Crippen molar-refractivity contribution in [2.45, 2.75) is 33.2 Å². The number of ether oxygens (including phenoxy) is 1. The Bertz CT molecular complexity index is 873. The molecule has 0 aromatic heterocycles. The number of methoxy groups -OCH3 is 1. The molecule has 0 fully saturated rings. The summed E-state index contributed by atoms with van der Waals surface area (Å²) in [4.78, 5) is 26.9. The number of hydrogen-bond donors (Lipinski definition) is 2. The van der Waals surface area contributed by atoms with Crippen LogP contribution in [0.5, 0.6) is 5.75 Å². The predicted molar refractivity (Wildman–Crippen MR) is 124 cm³/mol. The van der Waals surface area contributed by atoms with Crippen LogP contribution in [0.4, 0.5) is 5.69 Å². The number of nitrogens with zero attached hydrogens (tertiary/aromatic N) is 1. The molecule has 0 aliphatic rings. The van der Waals surface area contributed by atoms with Gasteiger partial charge in [0.2, 0.25) is 11.8 Å². The number of carbonyl (C=O) groups excluding carboxylic acids is 2. The minimum atomic E-state index is -0.298. The zero-order valence-corrected chi connectivity index (χ0v) is 19.6. The summed E-state index contributed by atoms with van der Waals surface area (Å²) in [5.74, 6) is 0.0958. The van der Waals surface area contributed by atoms with Gasteiger partial charge in [0.05, 0.1) is 25.9 Å². The van der Waals surface area contributed by atoms with Crippen molar-refractivity contribution in [2.75, 3.05) is 32.1 Å². The molecule has 0 radical (unpaired) electrons. The van der Waals surface area contributed by atoms with Gasteiger partial charge in [0.1, 0.15) is 5.75 Å². The minimum absolute atomic E-state index is 0.0663. The van der Waals surface area contributed by atoms with Gasteiger partial charge in [-0.25, -0.2) is 0 Å². The summed E-state index contributed by atoms with van der Waals surface area (Å²) in [6, 6.07) is 13.6. The van der Waals surface area contributed by atoms with E-state index in [0.29, 0.717) is 11.4 Å². The number of benzene rings is 2. The third kappa shape index (κ3) is 6.85. The molecular weight excluding hydrogens is 446 g/mol. The van der Waals surface area contributed by atoms with Crippen molar-refractivity contribution in [3.63, 3.8) is 0 Å². The van der Waals surface area contributed by atoms with Crippen LogP contribution in [0.15, 0.2) is 46.9 Å². The van der Waals surface area contributed by atoms with Crippen LogP contribution in [0.3, 0.4) is 0 Å². The van der Waals surface area contributed by atoms with Gasteiger partial charge >= 0.3 is 0 Å². The largest absolute Gasteiger partial charge is 0.495 e.